The molecule has 1 fully saturated rings. The van der Waals surface area contributed by atoms with Gasteiger partial charge in [0.2, 0.25) is 5.91 Å². The van der Waals surface area contributed by atoms with E-state index in [-0.39, 0.29) is 19.4 Å². The van der Waals surface area contributed by atoms with E-state index >= 15 is 0 Å². The second-order valence-corrected chi connectivity index (χ2v) is 22.8. The summed E-state index contributed by atoms with van der Waals surface area (Å²) in [6.45, 7) is 5.76. The fraction of sp³-hybridized carbons (Fsp3) is 0.879. The zero-order chi connectivity index (χ0) is 56.1. The van der Waals surface area contributed by atoms with Gasteiger partial charge >= 0.3 is 5.97 Å². The number of carbonyl (C=O) groups excluding carboxylic acids is 2. The molecule has 1 heterocycles. The summed E-state index contributed by atoms with van der Waals surface area (Å²) < 4.78 is 17.6. The van der Waals surface area contributed by atoms with Gasteiger partial charge in [0.15, 0.2) is 12.4 Å². The molecule has 0 aromatic carbocycles. The number of aliphatic hydroxyl groups excluding tert-OH is 5. The molecule has 77 heavy (non-hydrogen) atoms. The highest BCUT2D eigenvalue weighted by Gasteiger charge is 2.47. The van der Waals surface area contributed by atoms with E-state index in [1.54, 1.807) is 6.08 Å². The number of hydrogen-bond donors (Lipinski definition) is 6. The number of ether oxygens (including phenoxy) is 3. The van der Waals surface area contributed by atoms with Crippen LogP contribution in [0.25, 0.3) is 0 Å². The zero-order valence-electron chi connectivity index (χ0n) is 50.1. The first kappa shape index (κ1) is 72.9. The van der Waals surface area contributed by atoms with Gasteiger partial charge in [0.1, 0.15) is 24.4 Å². The van der Waals surface area contributed by atoms with E-state index in [1.165, 1.54) is 193 Å². The van der Waals surface area contributed by atoms with Crippen LogP contribution in [0.1, 0.15) is 310 Å². The van der Waals surface area contributed by atoms with Crippen LogP contribution in [0.2, 0.25) is 0 Å². The third-order valence-electron chi connectivity index (χ3n) is 15.5. The highest BCUT2D eigenvalue weighted by atomic mass is 16.7. The number of aliphatic hydroxyl groups is 5. The number of amides is 1. The van der Waals surface area contributed by atoms with Crippen LogP contribution in [0, 0.1) is 0 Å². The Morgan fingerprint density at radius 3 is 1.30 bits per heavy atom. The fourth-order valence-corrected chi connectivity index (χ4v) is 10.3. The fourth-order valence-electron chi connectivity index (χ4n) is 10.3. The molecule has 11 nitrogen and oxygen atoms in total. The highest BCUT2D eigenvalue weighted by molar-refractivity contribution is 5.80. The van der Waals surface area contributed by atoms with E-state index in [4.69, 9.17) is 14.2 Å². The summed E-state index contributed by atoms with van der Waals surface area (Å²) in [4.78, 5) is 26.5. The second-order valence-electron chi connectivity index (χ2n) is 22.8. The van der Waals surface area contributed by atoms with Crippen molar-refractivity contribution in [2.75, 3.05) is 13.2 Å². The summed E-state index contributed by atoms with van der Waals surface area (Å²) in [6, 6.07) is -1.02. The zero-order valence-corrected chi connectivity index (χ0v) is 50.1. The molecule has 1 saturated heterocycles. The quantitative estimate of drug-likeness (QED) is 0.0195. The highest BCUT2D eigenvalue weighted by Crippen LogP contribution is 2.26. The van der Waals surface area contributed by atoms with E-state index in [0.29, 0.717) is 12.8 Å². The molecule has 0 aliphatic carbocycles. The summed E-state index contributed by atoms with van der Waals surface area (Å²) in [5.41, 5.74) is 0. The normalized spacial score (nSPS) is 19.2. The first-order chi connectivity index (χ1) is 37.7. The number of unbranched alkanes of at least 4 members (excludes halogenated alkanes) is 38. The van der Waals surface area contributed by atoms with E-state index in [2.05, 4.69) is 50.4 Å². The molecule has 8 unspecified atom stereocenters. The monoisotopic (exact) mass is 1090 g/mol. The van der Waals surface area contributed by atoms with Gasteiger partial charge in [-0.3, -0.25) is 9.59 Å². The topological polar surface area (TPSA) is 175 Å². The van der Waals surface area contributed by atoms with E-state index < -0.39 is 67.4 Å². The Balaban J connectivity index is 2.55. The summed E-state index contributed by atoms with van der Waals surface area (Å²) in [6.07, 6.45) is 54.9. The van der Waals surface area contributed by atoms with Gasteiger partial charge in [-0.25, -0.2) is 0 Å². The van der Waals surface area contributed by atoms with Crippen LogP contribution < -0.4 is 5.32 Å². The van der Waals surface area contributed by atoms with Gasteiger partial charge in [-0.15, -0.1) is 0 Å². The van der Waals surface area contributed by atoms with Crippen LogP contribution in [0.3, 0.4) is 0 Å². The van der Waals surface area contributed by atoms with Gasteiger partial charge in [-0.05, 0) is 70.6 Å². The Bertz CT molecular complexity index is 1390. The second kappa shape index (κ2) is 54.5. The Labute approximate surface area is 473 Å². The van der Waals surface area contributed by atoms with Gasteiger partial charge in [0, 0.05) is 6.42 Å². The van der Waals surface area contributed by atoms with Gasteiger partial charge in [0.05, 0.1) is 25.4 Å². The minimum absolute atomic E-state index is 0.126. The lowest BCUT2D eigenvalue weighted by Gasteiger charge is -2.41. The average molecular weight is 1090 g/mol. The largest absolute Gasteiger partial charge is 0.454 e. The standard InChI is InChI=1S/C66H123NO10/c1-4-7-10-13-16-19-22-24-25-26-27-28-29-30-31-32-33-34-35-37-39-42-45-48-51-54-61(71)77-64-63(73)62(72)60(55-68)76-66(64)75-56-57(58(69)52-49-46-43-41-38-36-23-20-17-14-11-8-5-2)67-65(74)59(70)53-50-47-44-40-21-18-15-12-9-6-3/h15,18,24-25,49,52,57-60,62-64,66,68-70,72-73H,4-14,16-17,19-23,26-48,50-51,53-56H2,1-3H3,(H,67,74)/b18-15-,25-24+,52-49+. The van der Waals surface area contributed by atoms with Crippen molar-refractivity contribution in [2.24, 2.45) is 0 Å². The van der Waals surface area contributed by atoms with Crippen molar-refractivity contribution in [3.05, 3.63) is 36.5 Å². The smallest absolute Gasteiger partial charge is 0.306 e. The van der Waals surface area contributed by atoms with Crippen molar-refractivity contribution in [1.82, 2.24) is 5.32 Å². The molecule has 452 valence electrons. The Kier molecular flexibility index (Phi) is 51.6. The van der Waals surface area contributed by atoms with E-state index in [0.717, 1.165) is 70.6 Å². The van der Waals surface area contributed by atoms with Crippen molar-refractivity contribution in [2.45, 2.75) is 359 Å². The first-order valence-corrected chi connectivity index (χ1v) is 32.8. The van der Waals surface area contributed by atoms with Crippen molar-refractivity contribution in [3.8, 4) is 0 Å². The van der Waals surface area contributed by atoms with Crippen molar-refractivity contribution < 1.29 is 49.3 Å². The Morgan fingerprint density at radius 1 is 0.494 bits per heavy atom. The van der Waals surface area contributed by atoms with E-state index in [1.807, 2.05) is 6.08 Å². The number of hydrogen-bond acceptors (Lipinski definition) is 10. The van der Waals surface area contributed by atoms with Crippen molar-refractivity contribution in [1.29, 1.82) is 0 Å². The lowest BCUT2D eigenvalue weighted by atomic mass is 9.99. The Hall–Kier alpha value is -2.12. The van der Waals surface area contributed by atoms with Crippen LogP contribution in [0.15, 0.2) is 36.5 Å². The summed E-state index contributed by atoms with van der Waals surface area (Å²) in [5.74, 6) is -1.19. The molecule has 0 spiro atoms. The van der Waals surface area contributed by atoms with Crippen molar-refractivity contribution in [3.63, 3.8) is 0 Å². The molecular weight excluding hydrogens is 967 g/mol. The van der Waals surface area contributed by atoms with Crippen LogP contribution >= 0.6 is 0 Å². The predicted octanol–water partition coefficient (Wildman–Crippen LogP) is 15.8. The molecule has 0 saturated carbocycles. The molecule has 0 aromatic rings. The summed E-state index contributed by atoms with van der Waals surface area (Å²) in [7, 11) is 0. The van der Waals surface area contributed by atoms with Gasteiger partial charge in [-0.2, -0.15) is 0 Å². The molecule has 11 heteroatoms. The number of nitrogens with one attached hydrogen (secondary N) is 1. The number of rotatable bonds is 56. The van der Waals surface area contributed by atoms with E-state index in [9.17, 15) is 35.1 Å². The summed E-state index contributed by atoms with van der Waals surface area (Å²) >= 11 is 0. The first-order valence-electron chi connectivity index (χ1n) is 32.8. The number of esters is 1. The third kappa shape index (κ3) is 42.4. The molecule has 0 bridgehead atoms. The minimum Gasteiger partial charge on any atom is -0.454 e. The Morgan fingerprint density at radius 2 is 0.870 bits per heavy atom. The van der Waals surface area contributed by atoms with Crippen LogP contribution in [-0.4, -0.2) is 99.6 Å². The summed E-state index contributed by atoms with van der Waals surface area (Å²) in [5, 5.41) is 56.9. The molecule has 1 amide bonds. The molecule has 0 aromatic heterocycles. The predicted molar refractivity (Wildman–Crippen MR) is 320 cm³/mol. The molecule has 1 rings (SSSR count). The maximum Gasteiger partial charge on any atom is 0.306 e. The van der Waals surface area contributed by atoms with Crippen LogP contribution in [0.4, 0.5) is 0 Å². The lowest BCUT2D eigenvalue weighted by molar-refractivity contribution is -0.305. The minimum atomic E-state index is -1.61. The van der Waals surface area contributed by atoms with Gasteiger partial charge in [-0.1, -0.05) is 269 Å². The maximum atomic E-state index is 13.4. The van der Waals surface area contributed by atoms with Crippen LogP contribution in [0.5, 0.6) is 0 Å². The average Bonchev–Trinajstić information content (AvgIpc) is 3.43. The van der Waals surface area contributed by atoms with Gasteiger partial charge < -0.3 is 45.1 Å². The molecule has 1 aliphatic rings. The third-order valence-corrected chi connectivity index (χ3v) is 15.5. The molecule has 1 aliphatic heterocycles. The molecular formula is C66H123NO10. The van der Waals surface area contributed by atoms with Crippen LogP contribution in [-0.2, 0) is 23.8 Å². The molecule has 6 N–H and O–H groups in total. The molecule has 0 radical (unpaired) electrons. The maximum absolute atomic E-state index is 13.4. The van der Waals surface area contributed by atoms with Gasteiger partial charge in [0.25, 0.3) is 0 Å². The lowest BCUT2D eigenvalue weighted by Crippen LogP contribution is -2.61. The molecule has 8 atom stereocenters. The number of allylic oxidation sites excluding steroid dienone is 5. The van der Waals surface area contributed by atoms with Crippen molar-refractivity contribution >= 4 is 11.9 Å². The SMILES string of the molecule is CCCC/C=C\CCCCCCC(O)C(=O)NC(COC1OC(CO)C(O)C(O)C1OC(=O)CCCCCCCCCCCCCCCCC/C=C/CCCCCCCC)C(O)/C=C/CCCCCCCCCCCCC. The number of carbonyl (C=O) groups is 2.